The lowest BCUT2D eigenvalue weighted by Crippen LogP contribution is -2.29. The SMILES string of the molecule is Cc1ccc(-n2ncc(C(=O)N(C)CCc3ccccn3)c2C(C)C)cc1. The Labute approximate surface area is 160 Å². The molecule has 1 amide bonds. The van der Waals surface area contributed by atoms with Gasteiger partial charge in [-0.05, 0) is 37.1 Å². The number of hydrogen-bond acceptors (Lipinski definition) is 3. The fraction of sp³-hybridized carbons (Fsp3) is 0.318. The summed E-state index contributed by atoms with van der Waals surface area (Å²) in [5.74, 6) is 0.171. The first-order valence-corrected chi connectivity index (χ1v) is 9.27. The number of carbonyl (C=O) groups excluding carboxylic acids is 1. The smallest absolute Gasteiger partial charge is 0.257 e. The Balaban J connectivity index is 1.82. The minimum atomic E-state index is -0.00649. The third-order valence-corrected chi connectivity index (χ3v) is 4.64. The molecule has 0 spiro atoms. The highest BCUT2D eigenvalue weighted by atomic mass is 16.2. The normalized spacial score (nSPS) is 11.0. The van der Waals surface area contributed by atoms with Crippen LogP contribution in [-0.2, 0) is 6.42 Å². The van der Waals surface area contributed by atoms with Gasteiger partial charge in [0.2, 0.25) is 0 Å². The largest absolute Gasteiger partial charge is 0.341 e. The van der Waals surface area contributed by atoms with Crippen LogP contribution in [0.25, 0.3) is 5.69 Å². The van der Waals surface area contributed by atoms with E-state index in [1.165, 1.54) is 5.56 Å². The fourth-order valence-electron chi connectivity index (χ4n) is 3.11. The van der Waals surface area contributed by atoms with Crippen molar-refractivity contribution in [3.05, 3.63) is 77.4 Å². The number of hydrogen-bond donors (Lipinski definition) is 0. The van der Waals surface area contributed by atoms with Crippen molar-refractivity contribution in [2.45, 2.75) is 33.1 Å². The monoisotopic (exact) mass is 362 g/mol. The molecule has 27 heavy (non-hydrogen) atoms. The van der Waals surface area contributed by atoms with Crippen LogP contribution in [0.1, 0.15) is 47.1 Å². The number of carbonyl (C=O) groups is 1. The average molecular weight is 362 g/mol. The highest BCUT2D eigenvalue weighted by molar-refractivity contribution is 5.95. The maximum Gasteiger partial charge on any atom is 0.257 e. The topological polar surface area (TPSA) is 51.0 Å². The van der Waals surface area contributed by atoms with Crippen molar-refractivity contribution in [1.29, 1.82) is 0 Å². The zero-order valence-corrected chi connectivity index (χ0v) is 16.4. The average Bonchev–Trinajstić information content (AvgIpc) is 3.12. The van der Waals surface area contributed by atoms with Crippen LogP contribution in [0.3, 0.4) is 0 Å². The summed E-state index contributed by atoms with van der Waals surface area (Å²) < 4.78 is 1.88. The molecule has 5 heteroatoms. The van der Waals surface area contributed by atoms with Gasteiger partial charge in [0.05, 0.1) is 23.1 Å². The lowest BCUT2D eigenvalue weighted by Gasteiger charge is -2.19. The third kappa shape index (κ3) is 4.25. The van der Waals surface area contributed by atoms with Crippen LogP contribution in [0.4, 0.5) is 0 Å². The first-order valence-electron chi connectivity index (χ1n) is 9.27. The van der Waals surface area contributed by atoms with E-state index in [-0.39, 0.29) is 11.8 Å². The molecule has 0 saturated heterocycles. The molecular weight excluding hydrogens is 336 g/mol. The standard InChI is InChI=1S/C22H26N4O/c1-16(2)21-20(15-24-26(21)19-10-8-17(3)9-11-19)22(27)25(4)14-12-18-7-5-6-13-23-18/h5-11,13,15-16H,12,14H2,1-4H3. The van der Waals surface area contributed by atoms with Crippen molar-refractivity contribution in [3.63, 3.8) is 0 Å². The van der Waals surface area contributed by atoms with Gasteiger partial charge < -0.3 is 4.90 Å². The van der Waals surface area contributed by atoms with Gasteiger partial charge in [-0.25, -0.2) is 4.68 Å². The Morgan fingerprint density at radius 2 is 1.89 bits per heavy atom. The molecule has 0 radical (unpaired) electrons. The lowest BCUT2D eigenvalue weighted by molar-refractivity contribution is 0.0795. The first kappa shape index (κ1) is 18.8. The molecule has 3 rings (SSSR count). The van der Waals surface area contributed by atoms with Crippen molar-refractivity contribution < 1.29 is 4.79 Å². The number of aryl methyl sites for hydroxylation is 1. The molecule has 0 N–H and O–H groups in total. The van der Waals surface area contributed by atoms with Crippen LogP contribution in [0, 0.1) is 6.92 Å². The molecule has 0 aliphatic carbocycles. The summed E-state index contributed by atoms with van der Waals surface area (Å²) >= 11 is 0. The van der Waals surface area contributed by atoms with E-state index in [4.69, 9.17) is 0 Å². The van der Waals surface area contributed by atoms with E-state index in [1.54, 1.807) is 17.3 Å². The van der Waals surface area contributed by atoms with Crippen molar-refractivity contribution >= 4 is 5.91 Å². The minimum absolute atomic E-state index is 0.00649. The number of nitrogens with zero attached hydrogens (tertiary/aromatic N) is 4. The van der Waals surface area contributed by atoms with Crippen LogP contribution in [0.5, 0.6) is 0 Å². The molecule has 0 aliphatic heterocycles. The van der Waals surface area contributed by atoms with E-state index >= 15 is 0 Å². The second-order valence-corrected chi connectivity index (χ2v) is 7.14. The molecule has 140 valence electrons. The molecule has 0 saturated carbocycles. The van der Waals surface area contributed by atoms with Gasteiger partial charge in [-0.1, -0.05) is 37.6 Å². The minimum Gasteiger partial charge on any atom is -0.341 e. The van der Waals surface area contributed by atoms with Gasteiger partial charge in [-0.2, -0.15) is 5.10 Å². The van der Waals surface area contributed by atoms with Gasteiger partial charge in [0, 0.05) is 31.9 Å². The second kappa shape index (κ2) is 8.16. The molecule has 0 unspecified atom stereocenters. The molecule has 0 fully saturated rings. The number of pyridine rings is 1. The fourth-order valence-corrected chi connectivity index (χ4v) is 3.11. The summed E-state index contributed by atoms with van der Waals surface area (Å²) in [6.07, 6.45) is 4.20. The molecule has 0 atom stereocenters. The molecule has 3 aromatic rings. The Morgan fingerprint density at radius 1 is 1.15 bits per heavy atom. The summed E-state index contributed by atoms with van der Waals surface area (Å²) in [5.41, 5.74) is 4.75. The van der Waals surface area contributed by atoms with Gasteiger partial charge in [0.25, 0.3) is 5.91 Å². The summed E-state index contributed by atoms with van der Waals surface area (Å²) in [6, 6.07) is 14.0. The van der Waals surface area contributed by atoms with Crippen molar-refractivity contribution in [2.75, 3.05) is 13.6 Å². The summed E-state index contributed by atoms with van der Waals surface area (Å²) in [7, 11) is 1.83. The highest BCUT2D eigenvalue weighted by Gasteiger charge is 2.23. The van der Waals surface area contributed by atoms with Gasteiger partial charge in [0.1, 0.15) is 0 Å². The predicted octanol–water partition coefficient (Wildman–Crippen LogP) is 4.01. The third-order valence-electron chi connectivity index (χ3n) is 4.64. The van der Waals surface area contributed by atoms with Gasteiger partial charge in [0.15, 0.2) is 0 Å². The number of amides is 1. The Bertz CT molecular complexity index is 898. The Hall–Kier alpha value is -2.95. The quantitative estimate of drug-likeness (QED) is 0.666. The summed E-state index contributed by atoms with van der Waals surface area (Å²) in [5, 5.41) is 4.52. The second-order valence-electron chi connectivity index (χ2n) is 7.14. The van der Waals surface area contributed by atoms with Crippen LogP contribution in [0.2, 0.25) is 0 Å². The number of likely N-dealkylation sites (N-methyl/N-ethyl adjacent to an activating group) is 1. The van der Waals surface area contributed by atoms with Crippen molar-refractivity contribution in [1.82, 2.24) is 19.7 Å². The maximum absolute atomic E-state index is 13.0. The number of rotatable bonds is 6. The summed E-state index contributed by atoms with van der Waals surface area (Å²) in [6.45, 7) is 6.85. The summed E-state index contributed by atoms with van der Waals surface area (Å²) in [4.78, 5) is 19.1. The zero-order chi connectivity index (χ0) is 19.4. The number of benzene rings is 1. The van der Waals surface area contributed by atoms with Crippen molar-refractivity contribution in [2.24, 2.45) is 0 Å². The van der Waals surface area contributed by atoms with Crippen LogP contribution in [-0.4, -0.2) is 39.2 Å². The van der Waals surface area contributed by atoms with Gasteiger partial charge in [-0.15, -0.1) is 0 Å². The zero-order valence-electron chi connectivity index (χ0n) is 16.4. The first-order chi connectivity index (χ1) is 13.0. The number of aromatic nitrogens is 3. The predicted molar refractivity (Wildman–Crippen MR) is 107 cm³/mol. The van der Waals surface area contributed by atoms with E-state index in [2.05, 4.69) is 43.0 Å². The molecule has 5 nitrogen and oxygen atoms in total. The Morgan fingerprint density at radius 3 is 2.52 bits per heavy atom. The Kier molecular flexibility index (Phi) is 5.69. The molecule has 2 heterocycles. The van der Waals surface area contributed by atoms with Crippen LogP contribution < -0.4 is 0 Å². The van der Waals surface area contributed by atoms with Gasteiger partial charge in [-0.3, -0.25) is 9.78 Å². The van der Waals surface area contributed by atoms with Gasteiger partial charge >= 0.3 is 0 Å². The molecular formula is C22H26N4O. The van der Waals surface area contributed by atoms with Crippen molar-refractivity contribution in [3.8, 4) is 5.69 Å². The molecule has 0 bridgehead atoms. The molecule has 1 aromatic carbocycles. The van der Waals surface area contributed by atoms with E-state index in [1.807, 2.05) is 42.1 Å². The van der Waals surface area contributed by atoms with E-state index in [0.717, 1.165) is 23.5 Å². The lowest BCUT2D eigenvalue weighted by atomic mass is 10.0. The van der Waals surface area contributed by atoms with E-state index in [0.29, 0.717) is 12.1 Å². The van der Waals surface area contributed by atoms with E-state index in [9.17, 15) is 4.79 Å². The van der Waals surface area contributed by atoms with E-state index < -0.39 is 0 Å². The molecule has 0 aliphatic rings. The van der Waals surface area contributed by atoms with Crippen LogP contribution >= 0.6 is 0 Å². The van der Waals surface area contributed by atoms with Crippen LogP contribution in [0.15, 0.2) is 54.9 Å². The maximum atomic E-state index is 13.0. The highest BCUT2D eigenvalue weighted by Crippen LogP contribution is 2.24. The molecule has 2 aromatic heterocycles.